The molecule has 42 valence electrons. The van der Waals surface area contributed by atoms with Crippen LogP contribution in [0.15, 0.2) is 0 Å². The van der Waals surface area contributed by atoms with Crippen molar-refractivity contribution < 1.29 is 4.84 Å². The highest BCUT2D eigenvalue weighted by Crippen LogP contribution is 2.01. The smallest absolute Gasteiger partial charge is 0.215 e. The molecule has 5 heteroatoms. The molecule has 0 aromatic rings. The molecule has 0 aliphatic carbocycles. The van der Waals surface area contributed by atoms with Gasteiger partial charge < -0.3 is 5.73 Å². The van der Waals surface area contributed by atoms with Gasteiger partial charge in [-0.1, -0.05) is 0 Å². The topological polar surface area (TPSA) is 65.4 Å². The number of guanidine groups is 1. The minimum Gasteiger partial charge on any atom is -0.368 e. The molecule has 0 amide bonds. The van der Waals surface area contributed by atoms with Crippen LogP contribution in [0.25, 0.3) is 0 Å². The summed E-state index contributed by atoms with van der Waals surface area (Å²) in [5, 5.41) is 7.87. The van der Waals surface area contributed by atoms with Gasteiger partial charge in [-0.15, -0.1) is 12.4 Å². The minimum atomic E-state index is -0.0185. The number of hydrogen-bond donors (Lipinski definition) is 2. The van der Waals surface area contributed by atoms with Gasteiger partial charge in [0, 0.05) is 0 Å². The zero-order chi connectivity index (χ0) is 4.57. The highest BCUT2D eigenvalue weighted by atomic mass is 35.5. The number of nitrogens with zero attached hydrogens (tertiary/aromatic N) is 1. The molecule has 0 aromatic carbocycles. The van der Waals surface area contributed by atoms with E-state index in [2.05, 4.69) is 4.84 Å². The van der Waals surface area contributed by atoms with Crippen LogP contribution in [0, 0.1) is 5.41 Å². The SMILES string of the molecule is Cl.N=C(N)N1CO1. The maximum absolute atomic E-state index is 6.59. The molecule has 0 aromatic heterocycles. The normalized spacial score (nSPS) is 15.1. The van der Waals surface area contributed by atoms with Gasteiger partial charge >= 0.3 is 0 Å². The number of halogens is 1. The standard InChI is InChI=1S/C2H5N3O.ClH/c3-2(4)5-1-6-5;/h1H2,(H3,3,4);1H. The molecule has 1 rings (SSSR count). The van der Waals surface area contributed by atoms with Gasteiger partial charge in [-0.3, -0.25) is 5.41 Å². The highest BCUT2D eigenvalue weighted by Gasteiger charge is 2.19. The minimum absolute atomic E-state index is 0. The number of nitrogens with two attached hydrogens (primary N) is 1. The van der Waals surface area contributed by atoms with Crippen LogP contribution < -0.4 is 5.73 Å². The molecule has 1 aliphatic heterocycles. The third kappa shape index (κ3) is 1.61. The van der Waals surface area contributed by atoms with E-state index in [-0.39, 0.29) is 18.4 Å². The van der Waals surface area contributed by atoms with E-state index in [4.69, 9.17) is 11.1 Å². The van der Waals surface area contributed by atoms with Gasteiger partial charge in [0.05, 0.1) is 0 Å². The van der Waals surface area contributed by atoms with E-state index in [9.17, 15) is 0 Å². The fourth-order valence-corrected chi connectivity index (χ4v) is 0.168. The van der Waals surface area contributed by atoms with Gasteiger partial charge in [0.15, 0.2) is 6.73 Å². The Labute approximate surface area is 47.1 Å². The van der Waals surface area contributed by atoms with Crippen molar-refractivity contribution in [3.05, 3.63) is 0 Å². The maximum Gasteiger partial charge on any atom is 0.215 e. The van der Waals surface area contributed by atoms with Crippen LogP contribution in [0.1, 0.15) is 0 Å². The Balaban J connectivity index is 0.000000360. The molecule has 7 heavy (non-hydrogen) atoms. The first kappa shape index (κ1) is 6.52. The Morgan fingerprint density at radius 2 is 2.29 bits per heavy atom. The largest absolute Gasteiger partial charge is 0.368 e. The third-order valence-electron chi connectivity index (χ3n) is 0.527. The Hall–Kier alpha value is -0.480. The molecule has 1 aliphatic rings. The molecule has 4 nitrogen and oxygen atoms in total. The van der Waals surface area contributed by atoms with Crippen molar-refractivity contribution in [3.63, 3.8) is 0 Å². The number of rotatable bonds is 0. The lowest BCUT2D eigenvalue weighted by molar-refractivity contribution is 0.284. The van der Waals surface area contributed by atoms with Crippen LogP contribution >= 0.6 is 12.4 Å². The molecule has 1 heterocycles. The third-order valence-corrected chi connectivity index (χ3v) is 0.527. The molecule has 0 bridgehead atoms. The lowest BCUT2D eigenvalue weighted by atomic mass is 11.0. The molecular weight excluding hydrogens is 117 g/mol. The van der Waals surface area contributed by atoms with Crippen LogP contribution in [0.3, 0.4) is 0 Å². The number of hydroxylamine groups is 2. The predicted octanol–water partition coefficient (Wildman–Crippen LogP) is -0.494. The summed E-state index contributed by atoms with van der Waals surface area (Å²) in [7, 11) is 0. The van der Waals surface area contributed by atoms with Crippen LogP contribution in [0.2, 0.25) is 0 Å². The summed E-state index contributed by atoms with van der Waals surface area (Å²) in [5.74, 6) is -0.0185. The monoisotopic (exact) mass is 123 g/mol. The van der Waals surface area contributed by atoms with Crippen LogP contribution in [-0.4, -0.2) is 17.8 Å². The van der Waals surface area contributed by atoms with Crippen molar-refractivity contribution in [1.82, 2.24) is 5.06 Å². The number of nitrogens with one attached hydrogen (secondary N) is 1. The first-order valence-corrected chi connectivity index (χ1v) is 1.55. The van der Waals surface area contributed by atoms with Crippen molar-refractivity contribution in [2.45, 2.75) is 0 Å². The van der Waals surface area contributed by atoms with E-state index in [0.29, 0.717) is 6.73 Å². The van der Waals surface area contributed by atoms with Gasteiger partial charge in [0.1, 0.15) is 0 Å². The second-order valence-electron chi connectivity index (χ2n) is 1.02. The molecule has 3 N–H and O–H groups in total. The molecule has 0 unspecified atom stereocenters. The van der Waals surface area contributed by atoms with E-state index >= 15 is 0 Å². The van der Waals surface area contributed by atoms with Crippen molar-refractivity contribution >= 4 is 18.4 Å². The van der Waals surface area contributed by atoms with E-state index in [1.54, 1.807) is 0 Å². The van der Waals surface area contributed by atoms with Gasteiger partial charge in [-0.25, -0.2) is 4.84 Å². The highest BCUT2D eigenvalue weighted by molar-refractivity contribution is 5.85. The van der Waals surface area contributed by atoms with E-state index < -0.39 is 0 Å². The molecular formula is C2H6ClN3O. The van der Waals surface area contributed by atoms with Crippen molar-refractivity contribution in [1.29, 1.82) is 5.41 Å². The van der Waals surface area contributed by atoms with E-state index in [1.807, 2.05) is 0 Å². The summed E-state index contributed by atoms with van der Waals surface area (Å²) in [4.78, 5) is 4.45. The molecule has 1 saturated heterocycles. The second kappa shape index (κ2) is 1.99. The van der Waals surface area contributed by atoms with Crippen LogP contribution in [0.5, 0.6) is 0 Å². The molecule has 1 fully saturated rings. The fourth-order valence-electron chi connectivity index (χ4n) is 0.168. The first-order valence-electron chi connectivity index (χ1n) is 1.55. The summed E-state index contributed by atoms with van der Waals surface area (Å²) < 4.78 is 0. The molecule has 0 atom stereocenters. The Kier molecular flexibility index (Phi) is 1.86. The first-order chi connectivity index (χ1) is 2.80. The maximum atomic E-state index is 6.59. The Bertz CT molecular complexity index is 81.0. The van der Waals surface area contributed by atoms with Gasteiger partial charge in [0.25, 0.3) is 0 Å². The molecule has 0 radical (unpaired) electrons. The van der Waals surface area contributed by atoms with Crippen LogP contribution in [-0.2, 0) is 4.84 Å². The Morgan fingerprint density at radius 3 is 2.29 bits per heavy atom. The predicted molar refractivity (Wildman–Crippen MR) is 27.0 cm³/mol. The fraction of sp³-hybridized carbons (Fsp3) is 0.500. The second-order valence-corrected chi connectivity index (χ2v) is 1.02. The van der Waals surface area contributed by atoms with Gasteiger partial charge in [-0.2, -0.15) is 5.06 Å². The van der Waals surface area contributed by atoms with Crippen molar-refractivity contribution in [2.75, 3.05) is 6.73 Å². The lowest BCUT2D eigenvalue weighted by Gasteiger charge is -1.85. The Morgan fingerprint density at radius 1 is 1.86 bits per heavy atom. The van der Waals surface area contributed by atoms with Crippen LogP contribution in [0.4, 0.5) is 0 Å². The van der Waals surface area contributed by atoms with Gasteiger partial charge in [0.2, 0.25) is 5.96 Å². The van der Waals surface area contributed by atoms with Gasteiger partial charge in [-0.05, 0) is 0 Å². The van der Waals surface area contributed by atoms with Crippen molar-refractivity contribution in [3.8, 4) is 0 Å². The quantitative estimate of drug-likeness (QED) is 0.260. The summed E-state index contributed by atoms with van der Waals surface area (Å²) >= 11 is 0. The molecule has 0 saturated carbocycles. The summed E-state index contributed by atoms with van der Waals surface area (Å²) in [6.45, 7) is 0.481. The zero-order valence-electron chi connectivity index (χ0n) is 3.55. The summed E-state index contributed by atoms with van der Waals surface area (Å²) in [5.41, 5.74) is 4.88. The summed E-state index contributed by atoms with van der Waals surface area (Å²) in [6.07, 6.45) is 0. The van der Waals surface area contributed by atoms with Crippen molar-refractivity contribution in [2.24, 2.45) is 5.73 Å². The van der Waals surface area contributed by atoms with E-state index in [0.717, 1.165) is 0 Å². The zero-order valence-corrected chi connectivity index (χ0v) is 4.36. The molecule has 0 spiro atoms. The number of hydrogen-bond acceptors (Lipinski definition) is 2. The summed E-state index contributed by atoms with van der Waals surface area (Å²) in [6, 6.07) is 0. The lowest BCUT2D eigenvalue weighted by Crippen LogP contribution is -2.18. The average molecular weight is 124 g/mol. The average Bonchev–Trinajstić information content (AvgIpc) is 2.06. The van der Waals surface area contributed by atoms with E-state index in [1.165, 1.54) is 5.06 Å².